The van der Waals surface area contributed by atoms with Crippen molar-refractivity contribution in [2.75, 3.05) is 0 Å². The fourth-order valence-electron chi connectivity index (χ4n) is 2.32. The van der Waals surface area contributed by atoms with Gasteiger partial charge in [-0.3, -0.25) is 4.79 Å². The van der Waals surface area contributed by atoms with Gasteiger partial charge in [-0.25, -0.2) is 9.37 Å². The predicted octanol–water partition coefficient (Wildman–Crippen LogP) is 2.70. The lowest BCUT2D eigenvalue weighted by Gasteiger charge is -2.14. The molecule has 1 atom stereocenters. The zero-order valence-corrected chi connectivity index (χ0v) is 13.7. The highest BCUT2D eigenvalue weighted by atomic mass is 32.1. The van der Waals surface area contributed by atoms with Gasteiger partial charge in [0, 0.05) is 24.2 Å². The van der Waals surface area contributed by atoms with Crippen LogP contribution in [-0.2, 0) is 13.0 Å². The average Bonchev–Trinajstić information content (AvgIpc) is 2.97. The fraction of sp³-hybridized carbons (Fsp3) is 0.312. The first-order valence-electron chi connectivity index (χ1n) is 7.45. The minimum Gasteiger partial charge on any atom is -0.304 e. The van der Waals surface area contributed by atoms with Crippen LogP contribution in [0.25, 0.3) is 4.96 Å². The number of benzene rings is 1. The fourth-order valence-corrected chi connectivity index (χ4v) is 3.18. The van der Waals surface area contributed by atoms with Crippen LogP contribution >= 0.6 is 11.3 Å². The van der Waals surface area contributed by atoms with E-state index in [0.717, 1.165) is 11.4 Å². The smallest absolute Gasteiger partial charge is 0.275 e. The molecule has 2 heterocycles. The van der Waals surface area contributed by atoms with Crippen LogP contribution in [0.1, 0.15) is 36.2 Å². The number of rotatable bonds is 5. The van der Waals surface area contributed by atoms with Crippen LogP contribution in [0.15, 0.2) is 35.1 Å². The molecule has 0 aliphatic rings. The largest absolute Gasteiger partial charge is 0.304 e. The topological polar surface area (TPSA) is 59.3 Å². The van der Waals surface area contributed by atoms with Gasteiger partial charge in [-0.1, -0.05) is 36.5 Å². The van der Waals surface area contributed by atoms with Crippen LogP contribution < -0.4 is 10.9 Å². The van der Waals surface area contributed by atoms with E-state index in [0.29, 0.717) is 22.8 Å². The van der Waals surface area contributed by atoms with Gasteiger partial charge in [-0.15, -0.1) is 0 Å². The number of halogens is 1. The summed E-state index contributed by atoms with van der Waals surface area (Å²) in [5, 5.41) is 8.29. The molecule has 0 aliphatic heterocycles. The second-order valence-electron chi connectivity index (χ2n) is 5.25. The minimum absolute atomic E-state index is 0.177. The van der Waals surface area contributed by atoms with Crippen molar-refractivity contribution in [2.24, 2.45) is 0 Å². The molecule has 3 rings (SSSR count). The summed E-state index contributed by atoms with van der Waals surface area (Å²) in [6, 6.07) is 7.94. The van der Waals surface area contributed by atoms with Gasteiger partial charge in [-0.05, 0) is 19.4 Å². The molecule has 0 unspecified atom stereocenters. The van der Waals surface area contributed by atoms with E-state index < -0.39 is 0 Å². The van der Waals surface area contributed by atoms with Crippen LogP contribution in [0.2, 0.25) is 0 Å². The lowest BCUT2D eigenvalue weighted by Crippen LogP contribution is -2.22. The third-order valence-corrected chi connectivity index (χ3v) is 4.66. The molecule has 5 nitrogen and oxygen atoms in total. The number of hydrogen-bond donors (Lipinski definition) is 1. The van der Waals surface area contributed by atoms with Crippen LogP contribution in [0, 0.1) is 5.82 Å². The minimum atomic E-state index is -0.244. The molecule has 0 amide bonds. The number of aromatic nitrogens is 3. The van der Waals surface area contributed by atoms with Crippen molar-refractivity contribution in [1.82, 2.24) is 19.9 Å². The van der Waals surface area contributed by atoms with E-state index in [1.807, 2.05) is 13.8 Å². The summed E-state index contributed by atoms with van der Waals surface area (Å²) < 4.78 is 15.1. The Morgan fingerprint density at radius 3 is 2.91 bits per heavy atom. The van der Waals surface area contributed by atoms with Gasteiger partial charge < -0.3 is 5.32 Å². The Morgan fingerprint density at radius 1 is 1.39 bits per heavy atom. The molecule has 1 N–H and O–H groups in total. The highest BCUT2D eigenvalue weighted by molar-refractivity contribution is 7.16. The maximum absolute atomic E-state index is 13.8. The van der Waals surface area contributed by atoms with E-state index in [2.05, 4.69) is 15.4 Å². The van der Waals surface area contributed by atoms with Crippen LogP contribution in [0.5, 0.6) is 0 Å². The van der Waals surface area contributed by atoms with E-state index in [9.17, 15) is 9.18 Å². The Labute approximate surface area is 136 Å². The molecule has 2 aromatic heterocycles. The summed E-state index contributed by atoms with van der Waals surface area (Å²) in [4.78, 5) is 17.1. The van der Waals surface area contributed by atoms with Gasteiger partial charge in [0.25, 0.3) is 5.56 Å². The predicted molar refractivity (Wildman–Crippen MR) is 88.2 cm³/mol. The number of hydrogen-bond acceptors (Lipinski definition) is 5. The highest BCUT2D eigenvalue weighted by Gasteiger charge is 2.12. The summed E-state index contributed by atoms with van der Waals surface area (Å²) in [6.07, 6.45) is 0.769. The second-order valence-corrected chi connectivity index (χ2v) is 6.29. The standard InChI is InChI=1S/C16H17FN4OS/c1-3-14-20-21-15(22)8-11(19-16(21)23-14)9-18-10(2)12-6-4-5-7-13(12)17/h4-8,10,18H,3,9H2,1-2H3/t10-/m0/s1. The van der Waals surface area contributed by atoms with Gasteiger partial charge >= 0.3 is 0 Å². The van der Waals surface area contributed by atoms with Crippen molar-refractivity contribution in [3.63, 3.8) is 0 Å². The normalized spacial score (nSPS) is 12.7. The van der Waals surface area contributed by atoms with Crippen molar-refractivity contribution >= 4 is 16.3 Å². The van der Waals surface area contributed by atoms with E-state index in [1.54, 1.807) is 18.2 Å². The maximum Gasteiger partial charge on any atom is 0.275 e. The number of aryl methyl sites for hydroxylation is 1. The Morgan fingerprint density at radius 2 is 2.17 bits per heavy atom. The van der Waals surface area contributed by atoms with Crippen LogP contribution in [0.4, 0.5) is 4.39 Å². The zero-order valence-electron chi connectivity index (χ0n) is 12.9. The van der Waals surface area contributed by atoms with Crippen molar-refractivity contribution in [1.29, 1.82) is 0 Å². The van der Waals surface area contributed by atoms with E-state index in [4.69, 9.17) is 0 Å². The van der Waals surface area contributed by atoms with Crippen molar-refractivity contribution in [3.05, 3.63) is 62.8 Å². The van der Waals surface area contributed by atoms with E-state index >= 15 is 0 Å². The molecule has 1 aromatic carbocycles. The lowest BCUT2D eigenvalue weighted by molar-refractivity contribution is 0.524. The number of fused-ring (bicyclic) bond motifs is 1. The monoisotopic (exact) mass is 332 g/mol. The Kier molecular flexibility index (Phi) is 4.49. The molecular weight excluding hydrogens is 315 g/mol. The summed E-state index contributed by atoms with van der Waals surface area (Å²) in [5.74, 6) is -0.244. The first-order chi connectivity index (χ1) is 11.1. The SMILES string of the molecule is CCc1nn2c(=O)cc(CN[C@@H](C)c3ccccc3F)nc2s1. The molecule has 0 saturated heterocycles. The zero-order chi connectivity index (χ0) is 16.4. The molecule has 3 aromatic rings. The molecule has 0 spiro atoms. The molecule has 0 saturated carbocycles. The summed E-state index contributed by atoms with van der Waals surface area (Å²) >= 11 is 1.41. The second kappa shape index (κ2) is 6.55. The maximum atomic E-state index is 13.8. The van der Waals surface area contributed by atoms with Crippen molar-refractivity contribution < 1.29 is 4.39 Å². The lowest BCUT2D eigenvalue weighted by atomic mass is 10.1. The first-order valence-corrected chi connectivity index (χ1v) is 8.26. The van der Waals surface area contributed by atoms with Gasteiger partial charge in [0.15, 0.2) is 0 Å². The first kappa shape index (κ1) is 15.8. The number of nitrogens with one attached hydrogen (secondary N) is 1. The van der Waals surface area contributed by atoms with Crippen LogP contribution in [0.3, 0.4) is 0 Å². The summed E-state index contributed by atoms with van der Waals surface area (Å²) in [6.45, 7) is 4.26. The third-order valence-electron chi connectivity index (χ3n) is 3.60. The molecule has 120 valence electrons. The highest BCUT2D eigenvalue weighted by Crippen LogP contribution is 2.17. The Hall–Kier alpha value is -2.12. The summed E-state index contributed by atoms with van der Waals surface area (Å²) in [5.41, 5.74) is 1.03. The summed E-state index contributed by atoms with van der Waals surface area (Å²) in [7, 11) is 0. The van der Waals surface area contributed by atoms with Gasteiger partial charge in [0.2, 0.25) is 4.96 Å². The molecule has 0 fully saturated rings. The van der Waals surface area contributed by atoms with Gasteiger partial charge in [0.1, 0.15) is 10.8 Å². The van der Waals surface area contributed by atoms with Crippen LogP contribution in [-0.4, -0.2) is 14.6 Å². The molecular formula is C16H17FN4OS. The van der Waals surface area contributed by atoms with Gasteiger partial charge in [0.05, 0.1) is 5.69 Å². The van der Waals surface area contributed by atoms with Crippen molar-refractivity contribution in [2.45, 2.75) is 32.9 Å². The van der Waals surface area contributed by atoms with Crippen molar-refractivity contribution in [3.8, 4) is 0 Å². The third kappa shape index (κ3) is 3.30. The molecule has 23 heavy (non-hydrogen) atoms. The average molecular weight is 332 g/mol. The van der Waals surface area contributed by atoms with E-state index in [-0.39, 0.29) is 17.4 Å². The van der Waals surface area contributed by atoms with Gasteiger partial charge in [-0.2, -0.15) is 9.61 Å². The quantitative estimate of drug-likeness (QED) is 0.780. The molecule has 0 radical (unpaired) electrons. The Bertz CT molecular complexity index is 889. The van der Waals surface area contributed by atoms with E-state index in [1.165, 1.54) is 28.0 Å². The molecule has 0 aliphatic carbocycles. The Balaban J connectivity index is 1.79. The molecule has 0 bridgehead atoms. The number of nitrogens with zero attached hydrogens (tertiary/aromatic N) is 3. The molecule has 7 heteroatoms.